The van der Waals surface area contributed by atoms with E-state index in [-0.39, 0.29) is 11.3 Å². The number of hydrogen-bond acceptors (Lipinski definition) is 3. The number of methoxy groups -OCH3 is 1. The van der Waals surface area contributed by atoms with Crippen molar-refractivity contribution in [2.24, 2.45) is 10.7 Å². The highest BCUT2D eigenvalue weighted by molar-refractivity contribution is 5.91. The van der Waals surface area contributed by atoms with Crippen molar-refractivity contribution in [3.63, 3.8) is 0 Å². The van der Waals surface area contributed by atoms with E-state index in [4.69, 9.17) is 15.6 Å². The number of nitrogens with two attached hydrogens (primary N) is 1. The van der Waals surface area contributed by atoms with Crippen molar-refractivity contribution in [3.05, 3.63) is 23.8 Å². The smallest absolute Gasteiger partial charge is 0.339 e. The highest BCUT2D eigenvalue weighted by Crippen LogP contribution is 2.24. The fourth-order valence-corrected chi connectivity index (χ4v) is 1.02. The summed E-state index contributed by atoms with van der Waals surface area (Å²) in [5, 5.41) is 8.77. The monoisotopic (exact) mass is 194 g/mol. The van der Waals surface area contributed by atoms with E-state index in [1.54, 1.807) is 6.07 Å². The zero-order valence-electron chi connectivity index (χ0n) is 7.60. The molecule has 0 aliphatic rings. The third kappa shape index (κ3) is 2.01. The normalized spacial score (nSPS) is 10.4. The largest absolute Gasteiger partial charge is 0.496 e. The molecule has 1 rings (SSSR count). The van der Waals surface area contributed by atoms with Gasteiger partial charge < -0.3 is 15.6 Å². The molecule has 0 amide bonds. The summed E-state index contributed by atoms with van der Waals surface area (Å²) in [6.45, 7) is 0. The summed E-state index contributed by atoms with van der Waals surface area (Å²) in [4.78, 5) is 14.5. The standard InChI is InChI=1S/C9H10N2O3/c1-14-8-4-6(11-5-10)2-3-7(8)9(12)13/h2-5H,1H3,(H2,10,11)(H,12,13). The van der Waals surface area contributed by atoms with Crippen molar-refractivity contribution in [1.29, 1.82) is 0 Å². The third-order valence-corrected chi connectivity index (χ3v) is 1.64. The minimum absolute atomic E-state index is 0.100. The van der Waals surface area contributed by atoms with Gasteiger partial charge >= 0.3 is 5.97 Å². The maximum atomic E-state index is 10.7. The average Bonchev–Trinajstić information content (AvgIpc) is 2.17. The minimum Gasteiger partial charge on any atom is -0.496 e. The van der Waals surface area contributed by atoms with Gasteiger partial charge in [0.1, 0.15) is 11.3 Å². The van der Waals surface area contributed by atoms with Crippen LogP contribution < -0.4 is 10.5 Å². The first-order valence-corrected chi connectivity index (χ1v) is 3.84. The molecule has 0 radical (unpaired) electrons. The van der Waals surface area contributed by atoms with Crippen LogP contribution >= 0.6 is 0 Å². The number of carboxylic acid groups (broad SMARTS) is 1. The Morgan fingerprint density at radius 1 is 1.64 bits per heavy atom. The molecule has 0 aliphatic heterocycles. The van der Waals surface area contributed by atoms with Gasteiger partial charge in [0.2, 0.25) is 0 Å². The van der Waals surface area contributed by atoms with Gasteiger partial charge in [-0.25, -0.2) is 9.79 Å². The number of carbonyl (C=O) groups is 1. The van der Waals surface area contributed by atoms with Crippen molar-refractivity contribution in [1.82, 2.24) is 0 Å². The summed E-state index contributed by atoms with van der Waals surface area (Å²) in [5.41, 5.74) is 5.75. The first kappa shape index (κ1) is 10.0. The van der Waals surface area contributed by atoms with Crippen LogP contribution in [0.25, 0.3) is 0 Å². The Morgan fingerprint density at radius 3 is 2.86 bits per heavy atom. The third-order valence-electron chi connectivity index (χ3n) is 1.64. The van der Waals surface area contributed by atoms with E-state index in [0.717, 1.165) is 6.34 Å². The lowest BCUT2D eigenvalue weighted by Gasteiger charge is -2.04. The van der Waals surface area contributed by atoms with Crippen molar-refractivity contribution in [2.45, 2.75) is 0 Å². The van der Waals surface area contributed by atoms with Gasteiger partial charge in [-0.1, -0.05) is 0 Å². The van der Waals surface area contributed by atoms with Crippen molar-refractivity contribution in [2.75, 3.05) is 7.11 Å². The highest BCUT2D eigenvalue weighted by atomic mass is 16.5. The summed E-state index contributed by atoms with van der Waals surface area (Å²) in [6, 6.07) is 4.48. The Morgan fingerprint density at radius 2 is 2.36 bits per heavy atom. The molecule has 0 bridgehead atoms. The summed E-state index contributed by atoms with van der Waals surface area (Å²) >= 11 is 0. The van der Waals surface area contributed by atoms with Gasteiger partial charge in [0.25, 0.3) is 0 Å². The molecular formula is C9H10N2O3. The van der Waals surface area contributed by atoms with Crippen LogP contribution in [-0.4, -0.2) is 24.5 Å². The summed E-state index contributed by atoms with van der Waals surface area (Å²) in [5.74, 6) is -0.772. The molecule has 0 saturated heterocycles. The van der Waals surface area contributed by atoms with Gasteiger partial charge in [0.05, 0.1) is 19.1 Å². The van der Waals surface area contributed by atoms with Crippen LogP contribution in [0.1, 0.15) is 10.4 Å². The predicted octanol–water partition coefficient (Wildman–Crippen LogP) is 1.01. The summed E-state index contributed by atoms with van der Waals surface area (Å²) < 4.78 is 4.90. The van der Waals surface area contributed by atoms with Gasteiger partial charge in [0, 0.05) is 6.07 Å². The number of carboxylic acids is 1. The zero-order valence-corrected chi connectivity index (χ0v) is 7.60. The second-order valence-corrected chi connectivity index (χ2v) is 2.47. The second-order valence-electron chi connectivity index (χ2n) is 2.47. The molecule has 0 atom stereocenters. The SMILES string of the molecule is COc1cc(N=CN)ccc1C(=O)O. The molecule has 3 N–H and O–H groups in total. The highest BCUT2D eigenvalue weighted by Gasteiger charge is 2.10. The van der Waals surface area contributed by atoms with Gasteiger partial charge in [-0.3, -0.25) is 0 Å². The molecule has 1 aromatic rings. The minimum atomic E-state index is -1.04. The summed E-state index contributed by atoms with van der Waals surface area (Å²) in [6.07, 6.45) is 1.13. The van der Waals surface area contributed by atoms with E-state index in [2.05, 4.69) is 4.99 Å². The lowest BCUT2D eigenvalue weighted by atomic mass is 10.2. The predicted molar refractivity (Wildman–Crippen MR) is 52.3 cm³/mol. The Labute approximate surface area is 80.8 Å². The molecule has 0 heterocycles. The molecule has 0 unspecified atom stereocenters. The number of rotatable bonds is 3. The Balaban J connectivity index is 3.17. The number of nitrogens with zero attached hydrogens (tertiary/aromatic N) is 1. The number of aromatic carboxylic acids is 1. The van der Waals surface area contributed by atoms with Crippen LogP contribution in [0.4, 0.5) is 5.69 Å². The second kappa shape index (κ2) is 4.27. The Hall–Kier alpha value is -2.04. The molecule has 0 saturated carbocycles. The van der Waals surface area contributed by atoms with Gasteiger partial charge in [-0.2, -0.15) is 0 Å². The Kier molecular flexibility index (Phi) is 3.06. The lowest BCUT2D eigenvalue weighted by Crippen LogP contribution is -1.99. The molecule has 0 aliphatic carbocycles. The molecule has 0 fully saturated rings. The number of ether oxygens (including phenoxy) is 1. The van der Waals surface area contributed by atoms with Crippen LogP contribution in [0.2, 0.25) is 0 Å². The van der Waals surface area contributed by atoms with Gasteiger partial charge in [-0.05, 0) is 12.1 Å². The lowest BCUT2D eigenvalue weighted by molar-refractivity contribution is 0.0693. The van der Waals surface area contributed by atoms with Gasteiger partial charge in [0.15, 0.2) is 0 Å². The molecule has 5 heteroatoms. The van der Waals surface area contributed by atoms with E-state index in [9.17, 15) is 4.79 Å². The maximum Gasteiger partial charge on any atom is 0.339 e. The molecule has 74 valence electrons. The van der Waals surface area contributed by atoms with Crippen LogP contribution in [0, 0.1) is 0 Å². The average molecular weight is 194 g/mol. The molecular weight excluding hydrogens is 184 g/mol. The number of hydrogen-bond donors (Lipinski definition) is 2. The molecule has 5 nitrogen and oxygen atoms in total. The Bertz CT molecular complexity index is 374. The van der Waals surface area contributed by atoms with Crippen LogP contribution in [-0.2, 0) is 0 Å². The first-order valence-electron chi connectivity index (χ1n) is 3.84. The van der Waals surface area contributed by atoms with Crippen molar-refractivity contribution >= 4 is 18.0 Å². The number of benzene rings is 1. The van der Waals surface area contributed by atoms with Gasteiger partial charge in [-0.15, -0.1) is 0 Å². The first-order chi connectivity index (χ1) is 6.69. The van der Waals surface area contributed by atoms with E-state index in [1.807, 2.05) is 0 Å². The molecule has 0 spiro atoms. The topological polar surface area (TPSA) is 84.9 Å². The van der Waals surface area contributed by atoms with Crippen LogP contribution in [0.3, 0.4) is 0 Å². The van der Waals surface area contributed by atoms with Crippen LogP contribution in [0.5, 0.6) is 5.75 Å². The molecule has 14 heavy (non-hydrogen) atoms. The van der Waals surface area contributed by atoms with E-state index >= 15 is 0 Å². The quantitative estimate of drug-likeness (QED) is 0.555. The van der Waals surface area contributed by atoms with Crippen LogP contribution in [0.15, 0.2) is 23.2 Å². The number of aliphatic imine (C=N–C) groups is 1. The maximum absolute atomic E-state index is 10.7. The van der Waals surface area contributed by atoms with E-state index in [1.165, 1.54) is 19.2 Å². The van der Waals surface area contributed by atoms with Crippen molar-refractivity contribution in [3.8, 4) is 5.75 Å². The fraction of sp³-hybridized carbons (Fsp3) is 0.111. The van der Waals surface area contributed by atoms with E-state index < -0.39 is 5.97 Å². The van der Waals surface area contributed by atoms with E-state index in [0.29, 0.717) is 5.69 Å². The van der Waals surface area contributed by atoms with Crippen molar-refractivity contribution < 1.29 is 14.6 Å². The molecule has 1 aromatic carbocycles. The zero-order chi connectivity index (χ0) is 10.6. The summed E-state index contributed by atoms with van der Waals surface area (Å²) in [7, 11) is 1.40. The molecule has 0 aromatic heterocycles. The fourth-order valence-electron chi connectivity index (χ4n) is 1.02.